The van der Waals surface area contributed by atoms with Gasteiger partial charge in [-0.25, -0.2) is 14.2 Å². The van der Waals surface area contributed by atoms with Gasteiger partial charge in [-0.05, 0) is 37.1 Å². The number of aromatic nitrogens is 2. The number of halogens is 1. The van der Waals surface area contributed by atoms with Crippen molar-refractivity contribution >= 4 is 39.1 Å². The molecule has 3 rings (SSSR count). The highest BCUT2D eigenvalue weighted by Gasteiger charge is 2.21. The van der Waals surface area contributed by atoms with E-state index in [1.807, 2.05) is 0 Å². The third kappa shape index (κ3) is 3.72. The Hall–Kier alpha value is -3.07. The number of carbonyl (C=O) groups is 2. The van der Waals surface area contributed by atoms with Crippen molar-refractivity contribution in [1.29, 1.82) is 0 Å². The normalized spacial score (nSPS) is 10.8. The maximum absolute atomic E-state index is 13.3. The van der Waals surface area contributed by atoms with Gasteiger partial charge in [0.05, 0.1) is 11.7 Å². The Morgan fingerprint density at radius 2 is 2.07 bits per heavy atom. The summed E-state index contributed by atoms with van der Waals surface area (Å²) < 4.78 is 19.6. The minimum absolute atomic E-state index is 0.218. The zero-order valence-corrected chi connectivity index (χ0v) is 15.6. The molecular formula is C18H16FN3O4S. The van der Waals surface area contributed by atoms with Crippen LogP contribution in [0.1, 0.15) is 20.8 Å². The molecule has 0 saturated heterocycles. The molecule has 3 aromatic rings. The molecule has 0 bridgehead atoms. The fourth-order valence-corrected chi connectivity index (χ4v) is 3.55. The van der Waals surface area contributed by atoms with E-state index in [0.717, 1.165) is 11.3 Å². The van der Waals surface area contributed by atoms with Crippen LogP contribution >= 0.6 is 11.3 Å². The Bertz CT molecular complexity index is 1120. The molecule has 1 amide bonds. The molecule has 0 unspecified atom stereocenters. The van der Waals surface area contributed by atoms with Crippen LogP contribution in [0.4, 0.5) is 10.1 Å². The zero-order valence-electron chi connectivity index (χ0n) is 14.8. The van der Waals surface area contributed by atoms with Gasteiger partial charge in [0.2, 0.25) is 0 Å². The lowest BCUT2D eigenvalue weighted by molar-refractivity contribution is -0.119. The van der Waals surface area contributed by atoms with Gasteiger partial charge in [-0.1, -0.05) is 6.07 Å². The van der Waals surface area contributed by atoms with Crippen LogP contribution in [0.25, 0.3) is 10.2 Å². The van der Waals surface area contributed by atoms with Crippen molar-refractivity contribution in [2.24, 2.45) is 7.05 Å². The Balaban J connectivity index is 1.73. The quantitative estimate of drug-likeness (QED) is 0.693. The zero-order chi connectivity index (χ0) is 19.7. The second kappa shape index (κ2) is 7.28. The molecule has 0 aliphatic rings. The standard InChI is InChI=1S/C18H16FN3O4S/c1-9-4-5-11(19)6-12(9)21-13(23)7-26-18(25)15-10(2)14-16(27-15)20-8-22(3)17(14)24/h4-6,8H,7H2,1-3H3,(H,21,23). The van der Waals surface area contributed by atoms with Crippen LogP contribution in [0.5, 0.6) is 0 Å². The van der Waals surface area contributed by atoms with Crippen LogP contribution in [0.3, 0.4) is 0 Å². The number of amides is 1. The number of hydrogen-bond donors (Lipinski definition) is 1. The van der Waals surface area contributed by atoms with E-state index in [0.29, 0.717) is 27.0 Å². The fraction of sp³-hybridized carbons (Fsp3) is 0.222. The number of fused-ring (bicyclic) bond motifs is 1. The SMILES string of the molecule is Cc1ccc(F)cc1NC(=O)COC(=O)c1sc2ncn(C)c(=O)c2c1C. The van der Waals surface area contributed by atoms with Crippen molar-refractivity contribution in [3.63, 3.8) is 0 Å². The third-order valence-corrected chi connectivity index (χ3v) is 5.18. The van der Waals surface area contributed by atoms with Crippen LogP contribution < -0.4 is 10.9 Å². The first kappa shape index (κ1) is 18.7. The number of benzene rings is 1. The summed E-state index contributed by atoms with van der Waals surface area (Å²) in [6.07, 6.45) is 1.38. The molecule has 0 fully saturated rings. The number of rotatable bonds is 4. The van der Waals surface area contributed by atoms with Crippen LogP contribution in [-0.2, 0) is 16.6 Å². The van der Waals surface area contributed by atoms with Crippen molar-refractivity contribution in [3.8, 4) is 0 Å². The summed E-state index contributed by atoms with van der Waals surface area (Å²) in [6, 6.07) is 4.01. The molecule has 140 valence electrons. The molecule has 0 spiro atoms. The molecule has 0 saturated carbocycles. The molecular weight excluding hydrogens is 373 g/mol. The molecule has 0 aliphatic heterocycles. The first-order valence-electron chi connectivity index (χ1n) is 7.95. The highest BCUT2D eigenvalue weighted by Crippen LogP contribution is 2.27. The summed E-state index contributed by atoms with van der Waals surface area (Å²) in [6.45, 7) is 2.82. The number of anilines is 1. The Labute approximate surface area is 157 Å². The summed E-state index contributed by atoms with van der Waals surface area (Å²) in [7, 11) is 1.57. The van der Waals surface area contributed by atoms with Gasteiger partial charge < -0.3 is 14.6 Å². The number of carbonyl (C=O) groups excluding carboxylic acids is 2. The van der Waals surface area contributed by atoms with Gasteiger partial charge in [0, 0.05) is 12.7 Å². The number of esters is 1. The van der Waals surface area contributed by atoms with E-state index in [1.165, 1.54) is 29.1 Å². The number of thiophene rings is 1. The molecule has 0 atom stereocenters. The molecule has 27 heavy (non-hydrogen) atoms. The van der Waals surface area contributed by atoms with Crippen molar-refractivity contribution in [2.45, 2.75) is 13.8 Å². The largest absolute Gasteiger partial charge is 0.451 e. The van der Waals surface area contributed by atoms with E-state index in [-0.39, 0.29) is 10.4 Å². The fourth-order valence-electron chi connectivity index (χ4n) is 2.52. The van der Waals surface area contributed by atoms with Crippen molar-refractivity contribution < 1.29 is 18.7 Å². The predicted octanol–water partition coefficient (Wildman–Crippen LogP) is 2.55. The van der Waals surface area contributed by atoms with Gasteiger partial charge in [0.1, 0.15) is 15.5 Å². The predicted molar refractivity (Wildman–Crippen MR) is 99.6 cm³/mol. The molecule has 0 aliphatic carbocycles. The maximum Gasteiger partial charge on any atom is 0.349 e. The lowest BCUT2D eigenvalue weighted by Gasteiger charge is -2.09. The monoisotopic (exact) mass is 389 g/mol. The first-order valence-corrected chi connectivity index (χ1v) is 8.77. The molecule has 0 radical (unpaired) electrons. The molecule has 2 aromatic heterocycles. The van der Waals surface area contributed by atoms with Gasteiger partial charge in [-0.15, -0.1) is 11.3 Å². The average molecular weight is 389 g/mol. The summed E-state index contributed by atoms with van der Waals surface area (Å²) >= 11 is 1.03. The summed E-state index contributed by atoms with van der Waals surface area (Å²) in [5.74, 6) is -1.80. The third-order valence-electron chi connectivity index (χ3n) is 4.00. The number of aryl methyl sites for hydroxylation is 3. The number of nitrogens with one attached hydrogen (secondary N) is 1. The molecule has 1 N–H and O–H groups in total. The van der Waals surface area contributed by atoms with Crippen molar-refractivity contribution in [2.75, 3.05) is 11.9 Å². The second-order valence-electron chi connectivity index (χ2n) is 5.98. The Kier molecular flexibility index (Phi) is 5.04. The highest BCUT2D eigenvalue weighted by molar-refractivity contribution is 7.20. The summed E-state index contributed by atoms with van der Waals surface area (Å²) in [5.41, 5.74) is 1.20. The van der Waals surface area contributed by atoms with E-state index < -0.39 is 24.3 Å². The minimum Gasteiger partial charge on any atom is -0.451 e. The van der Waals surface area contributed by atoms with E-state index in [2.05, 4.69) is 10.3 Å². The van der Waals surface area contributed by atoms with E-state index in [4.69, 9.17) is 4.74 Å². The van der Waals surface area contributed by atoms with Crippen LogP contribution in [0, 0.1) is 19.7 Å². The molecule has 9 heteroatoms. The van der Waals surface area contributed by atoms with Gasteiger partial charge in [-0.2, -0.15) is 0 Å². The first-order chi connectivity index (χ1) is 12.8. The van der Waals surface area contributed by atoms with Crippen LogP contribution in [-0.4, -0.2) is 28.0 Å². The van der Waals surface area contributed by atoms with E-state index in [1.54, 1.807) is 20.9 Å². The van der Waals surface area contributed by atoms with Gasteiger partial charge in [0.15, 0.2) is 6.61 Å². The molecule has 1 aromatic carbocycles. The maximum atomic E-state index is 13.3. The van der Waals surface area contributed by atoms with Gasteiger partial charge >= 0.3 is 5.97 Å². The number of hydrogen-bond acceptors (Lipinski definition) is 6. The lowest BCUT2D eigenvalue weighted by atomic mass is 10.2. The minimum atomic E-state index is -0.719. The summed E-state index contributed by atoms with van der Waals surface area (Å²) in [4.78, 5) is 41.3. The Morgan fingerprint density at radius 3 is 2.81 bits per heavy atom. The average Bonchev–Trinajstić information content (AvgIpc) is 2.96. The smallest absolute Gasteiger partial charge is 0.349 e. The molecule has 2 heterocycles. The van der Waals surface area contributed by atoms with Crippen LogP contribution in [0.15, 0.2) is 29.3 Å². The Morgan fingerprint density at radius 1 is 1.33 bits per heavy atom. The second-order valence-corrected chi connectivity index (χ2v) is 6.98. The summed E-state index contributed by atoms with van der Waals surface area (Å²) in [5, 5.41) is 2.86. The van der Waals surface area contributed by atoms with Crippen molar-refractivity contribution in [1.82, 2.24) is 9.55 Å². The highest BCUT2D eigenvalue weighted by atomic mass is 32.1. The number of ether oxygens (including phenoxy) is 1. The lowest BCUT2D eigenvalue weighted by Crippen LogP contribution is -2.21. The number of nitrogens with zero attached hydrogens (tertiary/aromatic N) is 2. The molecule has 7 nitrogen and oxygen atoms in total. The van der Waals surface area contributed by atoms with Crippen molar-refractivity contribution in [3.05, 3.63) is 56.7 Å². The van der Waals surface area contributed by atoms with Crippen LogP contribution in [0.2, 0.25) is 0 Å². The van der Waals surface area contributed by atoms with Gasteiger partial charge in [-0.3, -0.25) is 9.59 Å². The van der Waals surface area contributed by atoms with Gasteiger partial charge in [0.25, 0.3) is 11.5 Å². The van der Waals surface area contributed by atoms with E-state index >= 15 is 0 Å². The topological polar surface area (TPSA) is 90.3 Å². The van der Waals surface area contributed by atoms with E-state index in [9.17, 15) is 18.8 Å².